The first-order valence-electron chi connectivity index (χ1n) is 8.58. The molecule has 0 saturated heterocycles. The monoisotopic (exact) mass is 393 g/mol. The molecule has 0 saturated carbocycles. The lowest BCUT2D eigenvalue weighted by Gasteiger charge is -2.10. The second-order valence-corrected chi connectivity index (χ2v) is 6.15. The third-order valence-corrected chi connectivity index (χ3v) is 4.16. The third kappa shape index (κ3) is 3.93. The zero-order chi connectivity index (χ0) is 20.4. The lowest BCUT2D eigenvalue weighted by Crippen LogP contribution is -2.12. The van der Waals surface area contributed by atoms with Gasteiger partial charge in [0, 0.05) is 28.9 Å². The molecule has 0 aliphatic heterocycles. The van der Waals surface area contributed by atoms with Crippen molar-refractivity contribution in [1.29, 1.82) is 0 Å². The summed E-state index contributed by atoms with van der Waals surface area (Å²) in [5, 5.41) is 16.1. The van der Waals surface area contributed by atoms with Gasteiger partial charge in [-0.15, -0.1) is 0 Å². The van der Waals surface area contributed by atoms with E-state index in [0.717, 1.165) is 0 Å². The largest absolute Gasteiger partial charge is 0.504 e. The second-order valence-electron chi connectivity index (χ2n) is 6.15. The number of nitrogens with one attached hydrogen (secondary N) is 3. The molecule has 0 aliphatic rings. The van der Waals surface area contributed by atoms with Crippen LogP contribution in [0.15, 0.2) is 59.5 Å². The van der Waals surface area contributed by atoms with Crippen molar-refractivity contribution in [3.8, 4) is 11.5 Å². The van der Waals surface area contributed by atoms with Gasteiger partial charge in [0.05, 0.1) is 7.11 Å². The van der Waals surface area contributed by atoms with E-state index in [0.29, 0.717) is 28.2 Å². The number of H-pyrrole nitrogens is 1. The number of pyridine rings is 1. The quantitative estimate of drug-likeness (QED) is 0.383. The molecular weight excluding hydrogens is 377 g/mol. The number of halogens is 1. The van der Waals surface area contributed by atoms with Gasteiger partial charge in [-0.3, -0.25) is 4.79 Å². The van der Waals surface area contributed by atoms with Crippen LogP contribution in [-0.4, -0.2) is 27.2 Å². The molecule has 0 amide bonds. The van der Waals surface area contributed by atoms with Crippen LogP contribution in [0.1, 0.15) is 0 Å². The van der Waals surface area contributed by atoms with Crippen molar-refractivity contribution in [2.24, 2.45) is 0 Å². The van der Waals surface area contributed by atoms with Crippen molar-refractivity contribution < 1.29 is 14.2 Å². The van der Waals surface area contributed by atoms with Crippen LogP contribution in [0.3, 0.4) is 0 Å². The van der Waals surface area contributed by atoms with E-state index in [1.807, 2.05) is 0 Å². The van der Waals surface area contributed by atoms with E-state index in [1.54, 1.807) is 24.3 Å². The summed E-state index contributed by atoms with van der Waals surface area (Å²) >= 11 is 0. The zero-order valence-corrected chi connectivity index (χ0v) is 15.2. The number of aromatic amines is 1. The summed E-state index contributed by atoms with van der Waals surface area (Å²) in [5.74, 6) is 0.564. The van der Waals surface area contributed by atoms with E-state index in [4.69, 9.17) is 4.74 Å². The molecule has 2 aromatic carbocycles. The Hall–Kier alpha value is -4.14. The number of aromatic nitrogens is 3. The average Bonchev–Trinajstić information content (AvgIpc) is 2.70. The van der Waals surface area contributed by atoms with Crippen LogP contribution in [-0.2, 0) is 0 Å². The Morgan fingerprint density at radius 3 is 2.79 bits per heavy atom. The molecule has 0 atom stereocenters. The third-order valence-electron chi connectivity index (χ3n) is 4.16. The lowest BCUT2D eigenvalue weighted by atomic mass is 10.2. The molecule has 29 heavy (non-hydrogen) atoms. The summed E-state index contributed by atoms with van der Waals surface area (Å²) < 4.78 is 18.5. The Morgan fingerprint density at radius 2 is 1.97 bits per heavy atom. The minimum atomic E-state index is -0.395. The average molecular weight is 393 g/mol. The van der Waals surface area contributed by atoms with Crippen molar-refractivity contribution in [3.63, 3.8) is 0 Å². The molecule has 0 radical (unpaired) electrons. The minimum Gasteiger partial charge on any atom is -0.504 e. The van der Waals surface area contributed by atoms with Crippen molar-refractivity contribution in [3.05, 3.63) is 70.9 Å². The number of phenols is 1. The molecule has 2 heterocycles. The molecule has 9 heteroatoms. The summed E-state index contributed by atoms with van der Waals surface area (Å²) in [7, 11) is 1.45. The SMILES string of the molecule is COc1cc(Nc2nccc(Nc3cc4cc(F)ccc4[nH]c3=O)n2)ccc1O. The number of ether oxygens (including phenoxy) is 1. The number of nitrogens with zero attached hydrogens (tertiary/aromatic N) is 2. The second kappa shape index (κ2) is 7.47. The highest BCUT2D eigenvalue weighted by Crippen LogP contribution is 2.29. The highest BCUT2D eigenvalue weighted by atomic mass is 19.1. The molecule has 146 valence electrons. The molecule has 4 aromatic rings. The van der Waals surface area contributed by atoms with E-state index in [1.165, 1.54) is 37.6 Å². The Bertz CT molecular complexity index is 1260. The first kappa shape index (κ1) is 18.2. The number of phenolic OH excluding ortho intramolecular Hbond substituents is 1. The fraction of sp³-hybridized carbons (Fsp3) is 0.0500. The maximum absolute atomic E-state index is 13.5. The lowest BCUT2D eigenvalue weighted by molar-refractivity contribution is 0.374. The molecule has 4 N–H and O–H groups in total. The van der Waals surface area contributed by atoms with Gasteiger partial charge in [-0.25, -0.2) is 9.37 Å². The molecular formula is C20H16FN5O3. The highest BCUT2D eigenvalue weighted by Gasteiger charge is 2.08. The van der Waals surface area contributed by atoms with E-state index in [-0.39, 0.29) is 22.9 Å². The van der Waals surface area contributed by atoms with Gasteiger partial charge in [0.15, 0.2) is 11.5 Å². The standard InChI is InChI=1S/C20H16FN5O3/c1-29-17-10-13(3-5-16(17)27)23-20-22-7-6-18(26-20)24-15-9-11-8-12(21)2-4-14(11)25-19(15)28/h2-10,27H,1H3,(H,25,28)(H2,22,23,24,26). The van der Waals surface area contributed by atoms with E-state index in [2.05, 4.69) is 25.6 Å². The zero-order valence-electron chi connectivity index (χ0n) is 15.2. The molecule has 8 nitrogen and oxygen atoms in total. The first-order chi connectivity index (χ1) is 14.0. The maximum Gasteiger partial charge on any atom is 0.272 e. The summed E-state index contributed by atoms with van der Waals surface area (Å²) in [6.07, 6.45) is 1.52. The maximum atomic E-state index is 13.5. The number of rotatable bonds is 5. The van der Waals surface area contributed by atoms with Crippen LogP contribution in [0, 0.1) is 5.82 Å². The van der Waals surface area contributed by atoms with Gasteiger partial charge in [0.1, 0.15) is 17.3 Å². The fourth-order valence-corrected chi connectivity index (χ4v) is 2.78. The number of fused-ring (bicyclic) bond motifs is 1. The van der Waals surface area contributed by atoms with Gasteiger partial charge < -0.3 is 25.5 Å². The van der Waals surface area contributed by atoms with Crippen LogP contribution in [0.2, 0.25) is 0 Å². The molecule has 4 rings (SSSR count). The van der Waals surface area contributed by atoms with Crippen LogP contribution in [0.5, 0.6) is 11.5 Å². The van der Waals surface area contributed by atoms with Crippen LogP contribution >= 0.6 is 0 Å². The molecule has 0 spiro atoms. The number of anilines is 4. The first-order valence-corrected chi connectivity index (χ1v) is 8.58. The number of aromatic hydroxyl groups is 1. The molecule has 0 fully saturated rings. The normalized spacial score (nSPS) is 10.7. The molecule has 2 aromatic heterocycles. The van der Waals surface area contributed by atoms with Crippen molar-refractivity contribution in [2.75, 3.05) is 17.7 Å². The van der Waals surface area contributed by atoms with Crippen molar-refractivity contribution in [1.82, 2.24) is 15.0 Å². The summed E-state index contributed by atoms with van der Waals surface area (Å²) in [6, 6.07) is 12.0. The number of benzene rings is 2. The van der Waals surface area contributed by atoms with Gasteiger partial charge in [0.2, 0.25) is 5.95 Å². The minimum absolute atomic E-state index is 0.0151. The Kier molecular flexibility index (Phi) is 4.70. The van der Waals surface area contributed by atoms with E-state index >= 15 is 0 Å². The fourth-order valence-electron chi connectivity index (χ4n) is 2.78. The summed E-state index contributed by atoms with van der Waals surface area (Å²) in [6.45, 7) is 0. The van der Waals surface area contributed by atoms with Crippen molar-refractivity contribution >= 4 is 34.0 Å². The summed E-state index contributed by atoms with van der Waals surface area (Å²) in [5.41, 5.74) is 1.00. The number of methoxy groups -OCH3 is 1. The van der Waals surface area contributed by atoms with Gasteiger partial charge in [0.25, 0.3) is 5.56 Å². The van der Waals surface area contributed by atoms with Crippen LogP contribution < -0.4 is 20.9 Å². The van der Waals surface area contributed by atoms with E-state index in [9.17, 15) is 14.3 Å². The highest BCUT2D eigenvalue weighted by molar-refractivity contribution is 5.82. The molecule has 0 aliphatic carbocycles. The molecule has 0 bridgehead atoms. The van der Waals surface area contributed by atoms with Crippen LogP contribution in [0.25, 0.3) is 10.9 Å². The van der Waals surface area contributed by atoms with Gasteiger partial charge in [-0.2, -0.15) is 4.98 Å². The predicted molar refractivity (Wildman–Crippen MR) is 108 cm³/mol. The number of hydrogen-bond donors (Lipinski definition) is 4. The van der Waals surface area contributed by atoms with E-state index < -0.39 is 5.82 Å². The topological polar surface area (TPSA) is 112 Å². The Morgan fingerprint density at radius 1 is 1.10 bits per heavy atom. The smallest absolute Gasteiger partial charge is 0.272 e. The van der Waals surface area contributed by atoms with Crippen LogP contribution in [0.4, 0.5) is 27.5 Å². The van der Waals surface area contributed by atoms with Gasteiger partial charge >= 0.3 is 0 Å². The molecule has 0 unspecified atom stereocenters. The Labute approximate surface area is 164 Å². The van der Waals surface area contributed by atoms with Gasteiger partial charge in [-0.05, 0) is 42.5 Å². The van der Waals surface area contributed by atoms with Crippen molar-refractivity contribution in [2.45, 2.75) is 0 Å². The summed E-state index contributed by atoms with van der Waals surface area (Å²) in [4.78, 5) is 23.4. The predicted octanol–water partition coefficient (Wildman–Crippen LogP) is 3.66. The Balaban J connectivity index is 1.60. The van der Waals surface area contributed by atoms with Gasteiger partial charge in [-0.1, -0.05) is 0 Å². The number of hydrogen-bond acceptors (Lipinski definition) is 7.